The van der Waals surface area contributed by atoms with Crippen LogP contribution >= 0.6 is 19.3 Å². The monoisotopic (exact) mass is 645 g/mol. The fraction of sp³-hybridized carbons (Fsp3) is 0.345. The molecule has 0 radical (unpaired) electrons. The zero-order valence-corrected chi connectivity index (χ0v) is 25.9. The number of benzene rings is 2. The first-order valence-corrected chi connectivity index (χ1v) is 16.1. The Balaban J connectivity index is 1.20. The summed E-state index contributed by atoms with van der Waals surface area (Å²) in [4.78, 5) is 34.2. The maximum Gasteiger partial charge on any atom is 0.402 e. The van der Waals surface area contributed by atoms with Crippen molar-refractivity contribution >= 4 is 42.6 Å². The molecule has 0 aliphatic carbocycles. The molecule has 1 atom stereocenters. The molecule has 1 saturated heterocycles. The molecule has 0 bridgehead atoms. The van der Waals surface area contributed by atoms with E-state index in [1.54, 1.807) is 18.2 Å². The Kier molecular flexibility index (Phi) is 12.7. The smallest absolute Gasteiger partial charge is 0.402 e. The number of anilines is 3. The predicted octanol–water partition coefficient (Wildman–Crippen LogP) is 4.10. The quantitative estimate of drug-likeness (QED) is 0.0764. The number of ether oxygens (including phenoxy) is 2. The number of hydrogen-bond donors (Lipinski definition) is 4. The van der Waals surface area contributed by atoms with Crippen molar-refractivity contribution in [3.63, 3.8) is 0 Å². The van der Waals surface area contributed by atoms with Crippen LogP contribution in [-0.4, -0.2) is 89.8 Å². The number of piperazine rings is 1. The van der Waals surface area contributed by atoms with Crippen molar-refractivity contribution in [1.29, 1.82) is 0 Å². The Morgan fingerprint density at radius 3 is 2.57 bits per heavy atom. The zero-order chi connectivity index (χ0) is 31.4. The van der Waals surface area contributed by atoms with E-state index in [0.29, 0.717) is 35.6 Å². The molecule has 236 valence electrons. The van der Waals surface area contributed by atoms with Gasteiger partial charge in [0, 0.05) is 62.3 Å². The van der Waals surface area contributed by atoms with E-state index in [9.17, 15) is 9.36 Å². The summed E-state index contributed by atoms with van der Waals surface area (Å²) in [6.45, 7) is 9.53. The summed E-state index contributed by atoms with van der Waals surface area (Å²) in [5.74, 6) is 0.793. The summed E-state index contributed by atoms with van der Waals surface area (Å²) in [5.41, 5.74) is 7.52. The molecule has 1 amide bonds. The first kappa shape index (κ1) is 33.5. The van der Waals surface area contributed by atoms with Crippen molar-refractivity contribution in [2.45, 2.75) is 6.42 Å². The third kappa shape index (κ3) is 11.3. The Labute approximate surface area is 261 Å². The minimum absolute atomic E-state index is 0.298. The molecule has 2 heterocycles. The van der Waals surface area contributed by atoms with E-state index in [-0.39, 0.29) is 12.7 Å². The van der Waals surface area contributed by atoms with Gasteiger partial charge in [-0.15, -0.1) is 0 Å². The molecule has 1 aliphatic heterocycles. The van der Waals surface area contributed by atoms with Gasteiger partial charge < -0.3 is 29.9 Å². The summed E-state index contributed by atoms with van der Waals surface area (Å²) in [6, 6.07) is 14.8. The van der Waals surface area contributed by atoms with Gasteiger partial charge >= 0.3 is 7.75 Å². The lowest BCUT2D eigenvalue weighted by Crippen LogP contribution is -2.47. The van der Waals surface area contributed by atoms with Gasteiger partial charge in [0.05, 0.1) is 30.1 Å². The van der Waals surface area contributed by atoms with Gasteiger partial charge in [-0.05, 0) is 36.8 Å². The first-order chi connectivity index (χ1) is 21.2. The number of nitrogens with two attached hydrogens (primary N) is 1. The Morgan fingerprint density at radius 2 is 1.82 bits per heavy atom. The highest BCUT2D eigenvalue weighted by molar-refractivity contribution is 7.50. The third-order valence-corrected chi connectivity index (χ3v) is 7.40. The number of halogens is 1. The second kappa shape index (κ2) is 16.6. The minimum atomic E-state index is -3.99. The summed E-state index contributed by atoms with van der Waals surface area (Å²) in [5, 5.41) is 6.33. The Bertz CT molecular complexity index is 1450. The van der Waals surface area contributed by atoms with Crippen LogP contribution in [-0.2, 0) is 18.6 Å². The molecule has 1 aromatic heterocycles. The Morgan fingerprint density at radius 1 is 1.09 bits per heavy atom. The lowest BCUT2D eigenvalue weighted by atomic mass is 10.1. The van der Waals surface area contributed by atoms with Crippen molar-refractivity contribution in [2.24, 2.45) is 5.50 Å². The maximum absolute atomic E-state index is 11.7. The van der Waals surface area contributed by atoms with E-state index in [0.717, 1.165) is 62.7 Å². The molecule has 0 saturated carbocycles. The van der Waals surface area contributed by atoms with Crippen LogP contribution in [0, 0.1) is 0 Å². The van der Waals surface area contributed by atoms with E-state index < -0.39 is 7.75 Å². The van der Waals surface area contributed by atoms with E-state index in [1.807, 2.05) is 30.3 Å². The lowest BCUT2D eigenvalue weighted by molar-refractivity contribution is -0.111. The highest BCUT2D eigenvalue weighted by Crippen LogP contribution is 2.31. The van der Waals surface area contributed by atoms with Gasteiger partial charge in [0.1, 0.15) is 5.75 Å². The van der Waals surface area contributed by atoms with Crippen LogP contribution in [0.2, 0.25) is 5.02 Å². The van der Waals surface area contributed by atoms with Crippen LogP contribution in [0.5, 0.6) is 5.75 Å². The van der Waals surface area contributed by atoms with Crippen molar-refractivity contribution in [2.75, 3.05) is 69.9 Å². The molecular formula is C29H37ClN7O6P. The molecule has 3 aromatic rings. The molecule has 5 N–H and O–H groups in total. The topological polar surface area (TPSA) is 164 Å². The molecule has 0 spiro atoms. The summed E-state index contributed by atoms with van der Waals surface area (Å²) >= 11 is 6.41. The number of rotatable bonds is 16. The van der Waals surface area contributed by atoms with Crippen molar-refractivity contribution in [3.8, 4) is 17.0 Å². The summed E-state index contributed by atoms with van der Waals surface area (Å²) in [6.07, 6.45) is 3.62. The number of aromatic nitrogens is 2. The molecule has 2 aromatic carbocycles. The number of nitrogens with zero attached hydrogens (tertiary/aromatic N) is 4. The predicted molar refractivity (Wildman–Crippen MR) is 170 cm³/mol. The Hall–Kier alpha value is -3.39. The minimum Gasteiger partial charge on any atom is -0.493 e. The van der Waals surface area contributed by atoms with Crippen molar-refractivity contribution < 1.29 is 28.3 Å². The molecular weight excluding hydrogens is 609 g/mol. The van der Waals surface area contributed by atoms with E-state index in [2.05, 4.69) is 41.5 Å². The normalized spacial score (nSPS) is 15.3. The van der Waals surface area contributed by atoms with Gasteiger partial charge in [0.25, 0.3) is 0 Å². The number of amides is 1. The van der Waals surface area contributed by atoms with Crippen molar-refractivity contribution in [1.82, 2.24) is 19.8 Å². The number of nitrogens with one attached hydrogen (secondary N) is 2. The molecule has 1 aliphatic rings. The molecule has 1 fully saturated rings. The highest BCUT2D eigenvalue weighted by atomic mass is 35.5. The average molecular weight is 646 g/mol. The molecule has 15 heteroatoms. The van der Waals surface area contributed by atoms with Crippen LogP contribution in [0.25, 0.3) is 11.3 Å². The third-order valence-electron chi connectivity index (χ3n) is 6.65. The standard InChI is InChI=1S/C29H37ClN7O6P/c1-2-27(38)33-23-7-3-6-22(18-23)28-26(30)20-32-29(35-28)34-24-8-4-9-25(19-24)42-16-5-10-36-11-13-37(14-12-36)15-17-41-21-43-44(31,39)40/h2-4,6-9,18-20H,1,5,10-17,21H2,(H,33,38)(H3,31,39,40)(H,32,34,35). The number of carbonyl (C=O) groups excluding carboxylic acids is 1. The maximum atomic E-state index is 11.7. The summed E-state index contributed by atoms with van der Waals surface area (Å²) in [7, 11) is -3.99. The van der Waals surface area contributed by atoms with Crippen LogP contribution in [0.3, 0.4) is 0 Å². The van der Waals surface area contributed by atoms with E-state index in [1.165, 1.54) is 12.3 Å². The van der Waals surface area contributed by atoms with Crippen molar-refractivity contribution in [3.05, 3.63) is 72.4 Å². The SMILES string of the molecule is C=CC(=O)Nc1cccc(-c2nc(Nc3cccc(OCCCN4CCN(CCOCOP(N)(=O)O)CC4)c3)ncc2Cl)c1. The number of hydrogen-bond acceptors (Lipinski definition) is 10. The van der Waals surface area contributed by atoms with Gasteiger partial charge in [-0.1, -0.05) is 36.4 Å². The molecule has 13 nitrogen and oxygen atoms in total. The number of carbonyl (C=O) groups is 1. The fourth-order valence-corrected chi connectivity index (χ4v) is 4.87. The van der Waals surface area contributed by atoms with E-state index >= 15 is 0 Å². The first-order valence-electron chi connectivity index (χ1n) is 14.0. The van der Waals surface area contributed by atoms with Gasteiger partial charge in [0.2, 0.25) is 11.9 Å². The second-order valence-corrected chi connectivity index (χ2v) is 11.7. The van der Waals surface area contributed by atoms with Gasteiger partial charge in [0.15, 0.2) is 6.79 Å². The highest BCUT2D eigenvalue weighted by Gasteiger charge is 2.17. The molecule has 1 unspecified atom stereocenters. The van der Waals surface area contributed by atoms with Crippen LogP contribution in [0.4, 0.5) is 17.3 Å². The lowest BCUT2D eigenvalue weighted by Gasteiger charge is -2.34. The van der Waals surface area contributed by atoms with Gasteiger partial charge in [-0.25, -0.2) is 20.0 Å². The van der Waals surface area contributed by atoms with E-state index in [4.69, 9.17) is 31.5 Å². The van der Waals surface area contributed by atoms with Crippen LogP contribution in [0.1, 0.15) is 6.42 Å². The zero-order valence-electron chi connectivity index (χ0n) is 24.2. The summed E-state index contributed by atoms with van der Waals surface area (Å²) < 4.78 is 26.6. The second-order valence-electron chi connectivity index (χ2n) is 9.92. The fourth-order valence-electron chi connectivity index (χ4n) is 4.44. The molecule has 44 heavy (non-hydrogen) atoms. The van der Waals surface area contributed by atoms with Gasteiger partial charge in [-0.2, -0.15) is 0 Å². The van der Waals surface area contributed by atoms with Crippen LogP contribution < -0.4 is 20.9 Å². The van der Waals surface area contributed by atoms with Crippen LogP contribution in [0.15, 0.2) is 67.4 Å². The average Bonchev–Trinajstić information content (AvgIpc) is 3.00. The largest absolute Gasteiger partial charge is 0.493 e. The van der Waals surface area contributed by atoms with Gasteiger partial charge in [-0.3, -0.25) is 14.2 Å². The molecule has 4 rings (SSSR count).